The Morgan fingerprint density at radius 2 is 2.32 bits per heavy atom. The van der Waals surface area contributed by atoms with Crippen LogP contribution in [0.1, 0.15) is 24.6 Å². The van der Waals surface area contributed by atoms with Crippen molar-refractivity contribution in [3.63, 3.8) is 0 Å². The Morgan fingerprint density at radius 3 is 3.00 bits per heavy atom. The molecule has 2 N–H and O–H groups in total. The summed E-state index contributed by atoms with van der Waals surface area (Å²) in [4.78, 5) is 12.9. The molecule has 1 aliphatic heterocycles. The Bertz CT molecular complexity index is 375. The molecule has 19 heavy (non-hydrogen) atoms. The van der Waals surface area contributed by atoms with Crippen molar-refractivity contribution in [2.75, 3.05) is 19.8 Å². The largest absolute Gasteiger partial charge is 0.381 e. The highest BCUT2D eigenvalue weighted by molar-refractivity contribution is 7.09. The summed E-state index contributed by atoms with van der Waals surface area (Å²) >= 11 is 1.66. The Labute approximate surface area is 118 Å². The van der Waals surface area contributed by atoms with E-state index in [1.807, 2.05) is 17.5 Å². The van der Waals surface area contributed by atoms with E-state index in [0.717, 1.165) is 26.1 Å². The number of hydrogen-bond acceptors (Lipinski definition) is 4. The lowest BCUT2D eigenvalue weighted by molar-refractivity contribution is -0.120. The van der Waals surface area contributed by atoms with Gasteiger partial charge in [0, 0.05) is 24.1 Å². The molecule has 2 rings (SSSR count). The van der Waals surface area contributed by atoms with E-state index in [1.165, 1.54) is 4.88 Å². The van der Waals surface area contributed by atoms with E-state index in [9.17, 15) is 4.79 Å². The first-order chi connectivity index (χ1) is 9.25. The standard InChI is InChI=1S/C14H22N2O2S/c1-11(12-4-6-18-7-5-12)15-10-14(17)16-9-13-3-2-8-19-13/h2-3,8,11-12,15H,4-7,9-10H2,1H3,(H,16,17)/t11-/m1/s1. The molecule has 0 bridgehead atoms. The molecule has 1 aliphatic rings. The number of hydrogen-bond donors (Lipinski definition) is 2. The molecule has 0 spiro atoms. The normalized spacial score (nSPS) is 18.2. The van der Waals surface area contributed by atoms with Crippen molar-refractivity contribution >= 4 is 17.2 Å². The molecule has 1 saturated heterocycles. The summed E-state index contributed by atoms with van der Waals surface area (Å²) < 4.78 is 5.35. The third-order valence-corrected chi connectivity index (χ3v) is 4.47. The first-order valence-electron chi connectivity index (χ1n) is 6.86. The van der Waals surface area contributed by atoms with Crippen LogP contribution in [0, 0.1) is 5.92 Å². The number of carbonyl (C=O) groups excluding carboxylic acids is 1. The molecule has 4 nitrogen and oxygen atoms in total. The van der Waals surface area contributed by atoms with Gasteiger partial charge in [-0.2, -0.15) is 0 Å². The van der Waals surface area contributed by atoms with Crippen LogP contribution >= 0.6 is 11.3 Å². The minimum atomic E-state index is 0.0623. The lowest BCUT2D eigenvalue weighted by atomic mass is 9.93. The molecule has 1 aromatic rings. The van der Waals surface area contributed by atoms with Crippen LogP contribution in [0.3, 0.4) is 0 Å². The summed E-state index contributed by atoms with van der Waals surface area (Å²) in [6.07, 6.45) is 2.18. The number of carbonyl (C=O) groups is 1. The third-order valence-electron chi connectivity index (χ3n) is 3.60. The average Bonchev–Trinajstić information content (AvgIpc) is 2.96. The summed E-state index contributed by atoms with van der Waals surface area (Å²) in [5, 5.41) is 8.27. The van der Waals surface area contributed by atoms with Crippen LogP contribution in [0.15, 0.2) is 17.5 Å². The number of thiophene rings is 1. The average molecular weight is 282 g/mol. The van der Waals surface area contributed by atoms with Crippen LogP contribution in [0.4, 0.5) is 0 Å². The quantitative estimate of drug-likeness (QED) is 0.836. The SMILES string of the molecule is C[C@@H](NCC(=O)NCc1cccs1)C1CCOCC1. The maximum atomic E-state index is 11.7. The van der Waals surface area contributed by atoms with Crippen molar-refractivity contribution in [1.82, 2.24) is 10.6 Å². The molecule has 5 heteroatoms. The van der Waals surface area contributed by atoms with Crippen molar-refractivity contribution in [2.24, 2.45) is 5.92 Å². The Balaban J connectivity index is 1.62. The van der Waals surface area contributed by atoms with E-state index in [1.54, 1.807) is 11.3 Å². The molecule has 1 aromatic heterocycles. The first kappa shape index (κ1) is 14.5. The van der Waals surface area contributed by atoms with E-state index in [4.69, 9.17) is 4.74 Å². The monoisotopic (exact) mass is 282 g/mol. The van der Waals surface area contributed by atoms with E-state index in [2.05, 4.69) is 17.6 Å². The first-order valence-corrected chi connectivity index (χ1v) is 7.74. The lowest BCUT2D eigenvalue weighted by Gasteiger charge is -2.28. The molecule has 106 valence electrons. The fraction of sp³-hybridized carbons (Fsp3) is 0.643. The topological polar surface area (TPSA) is 50.4 Å². The molecular formula is C14H22N2O2S. The Hall–Kier alpha value is -0.910. The number of nitrogens with one attached hydrogen (secondary N) is 2. The summed E-state index contributed by atoms with van der Waals surface area (Å²) in [6, 6.07) is 4.40. The zero-order chi connectivity index (χ0) is 13.5. The minimum absolute atomic E-state index is 0.0623. The van der Waals surface area contributed by atoms with Crippen molar-refractivity contribution in [3.8, 4) is 0 Å². The van der Waals surface area contributed by atoms with Crippen molar-refractivity contribution < 1.29 is 9.53 Å². The molecule has 0 radical (unpaired) electrons. The highest BCUT2D eigenvalue weighted by Crippen LogP contribution is 2.18. The summed E-state index contributed by atoms with van der Waals surface area (Å²) in [5.74, 6) is 0.686. The number of rotatable bonds is 6. The molecule has 1 amide bonds. The molecular weight excluding hydrogens is 260 g/mol. The van der Waals surface area contributed by atoms with Crippen molar-refractivity contribution in [2.45, 2.75) is 32.4 Å². The van der Waals surface area contributed by atoms with Crippen LogP contribution in [0.5, 0.6) is 0 Å². The van der Waals surface area contributed by atoms with Gasteiger partial charge in [-0.25, -0.2) is 0 Å². The smallest absolute Gasteiger partial charge is 0.234 e. The summed E-state index contributed by atoms with van der Waals surface area (Å²) in [5.41, 5.74) is 0. The number of ether oxygens (including phenoxy) is 1. The lowest BCUT2D eigenvalue weighted by Crippen LogP contribution is -2.42. The van der Waals surface area contributed by atoms with E-state index in [0.29, 0.717) is 25.0 Å². The second-order valence-corrected chi connectivity index (χ2v) is 6.01. The fourth-order valence-corrected chi connectivity index (χ4v) is 2.94. The zero-order valence-electron chi connectivity index (χ0n) is 11.4. The third kappa shape index (κ3) is 4.93. The minimum Gasteiger partial charge on any atom is -0.381 e. The van der Waals surface area contributed by atoms with Gasteiger partial charge >= 0.3 is 0 Å². The molecule has 0 aliphatic carbocycles. The Morgan fingerprint density at radius 1 is 1.53 bits per heavy atom. The Kier molecular flexibility index (Phi) is 5.82. The van der Waals surface area contributed by atoms with Gasteiger partial charge in [0.1, 0.15) is 0 Å². The maximum Gasteiger partial charge on any atom is 0.234 e. The zero-order valence-corrected chi connectivity index (χ0v) is 12.2. The molecule has 2 heterocycles. The molecule has 0 saturated carbocycles. The van der Waals surface area contributed by atoms with Gasteiger partial charge in [0.2, 0.25) is 5.91 Å². The van der Waals surface area contributed by atoms with Crippen LogP contribution in [0.2, 0.25) is 0 Å². The van der Waals surface area contributed by atoms with Gasteiger partial charge in [0.15, 0.2) is 0 Å². The molecule has 0 aromatic carbocycles. The van der Waals surface area contributed by atoms with Gasteiger partial charge in [-0.3, -0.25) is 4.79 Å². The predicted octanol–water partition coefficient (Wildman–Crippen LogP) is 1.77. The van der Waals surface area contributed by atoms with Gasteiger partial charge in [0.25, 0.3) is 0 Å². The molecule has 1 atom stereocenters. The van der Waals surface area contributed by atoms with E-state index >= 15 is 0 Å². The molecule has 1 fully saturated rings. The maximum absolute atomic E-state index is 11.7. The van der Waals surface area contributed by atoms with Gasteiger partial charge in [-0.15, -0.1) is 11.3 Å². The van der Waals surface area contributed by atoms with Crippen LogP contribution in [-0.4, -0.2) is 31.7 Å². The summed E-state index contributed by atoms with van der Waals surface area (Å²) in [7, 11) is 0. The van der Waals surface area contributed by atoms with E-state index in [-0.39, 0.29) is 5.91 Å². The van der Waals surface area contributed by atoms with Crippen molar-refractivity contribution in [1.29, 1.82) is 0 Å². The van der Waals surface area contributed by atoms with Gasteiger partial charge in [0.05, 0.1) is 13.1 Å². The highest BCUT2D eigenvalue weighted by atomic mass is 32.1. The predicted molar refractivity (Wildman–Crippen MR) is 77.2 cm³/mol. The van der Waals surface area contributed by atoms with Crippen LogP contribution in [0.25, 0.3) is 0 Å². The fourth-order valence-electron chi connectivity index (χ4n) is 2.30. The van der Waals surface area contributed by atoms with Gasteiger partial charge in [-0.05, 0) is 37.1 Å². The van der Waals surface area contributed by atoms with Gasteiger partial charge in [-0.1, -0.05) is 6.07 Å². The number of amides is 1. The summed E-state index contributed by atoms with van der Waals surface area (Å²) in [6.45, 7) is 4.87. The highest BCUT2D eigenvalue weighted by Gasteiger charge is 2.20. The second kappa shape index (κ2) is 7.62. The van der Waals surface area contributed by atoms with Crippen LogP contribution in [-0.2, 0) is 16.1 Å². The second-order valence-electron chi connectivity index (χ2n) is 4.98. The van der Waals surface area contributed by atoms with Crippen LogP contribution < -0.4 is 10.6 Å². The molecule has 0 unspecified atom stereocenters. The van der Waals surface area contributed by atoms with Crippen molar-refractivity contribution in [3.05, 3.63) is 22.4 Å². The van der Waals surface area contributed by atoms with E-state index < -0.39 is 0 Å². The van der Waals surface area contributed by atoms with Gasteiger partial charge < -0.3 is 15.4 Å².